The van der Waals surface area contributed by atoms with Crippen molar-refractivity contribution in [3.63, 3.8) is 0 Å². The minimum Gasteiger partial charge on any atom is -0.382 e. The molecule has 0 bridgehead atoms. The lowest BCUT2D eigenvalue weighted by atomic mass is 9.95. The van der Waals surface area contributed by atoms with Crippen LogP contribution in [0.1, 0.15) is 23.3 Å². The zero-order valence-electron chi connectivity index (χ0n) is 11.2. The summed E-state index contributed by atoms with van der Waals surface area (Å²) in [7, 11) is 3.12. The lowest BCUT2D eigenvalue weighted by molar-refractivity contribution is -0.133. The highest BCUT2D eigenvalue weighted by molar-refractivity contribution is 5.98. The first-order valence-electron chi connectivity index (χ1n) is 6.32. The van der Waals surface area contributed by atoms with Gasteiger partial charge in [0.2, 0.25) is 5.91 Å². The molecule has 1 aliphatic rings. The summed E-state index contributed by atoms with van der Waals surface area (Å²) in [6, 6.07) is 3.48. The van der Waals surface area contributed by atoms with Gasteiger partial charge in [-0.1, -0.05) is 0 Å². The number of H-pyrrole nitrogens is 1. The highest BCUT2D eigenvalue weighted by Gasteiger charge is 2.49. The fraction of sp³-hybridized carbons (Fsp3) is 0.538. The summed E-state index contributed by atoms with van der Waals surface area (Å²) in [5.74, 6) is -0.338. The van der Waals surface area contributed by atoms with Crippen LogP contribution in [-0.2, 0) is 9.53 Å². The van der Waals surface area contributed by atoms with Crippen LogP contribution in [0.2, 0.25) is 0 Å². The van der Waals surface area contributed by atoms with Gasteiger partial charge in [0.25, 0.3) is 5.91 Å². The maximum Gasteiger partial charge on any atom is 0.271 e. The molecule has 0 aliphatic carbocycles. The van der Waals surface area contributed by atoms with E-state index in [2.05, 4.69) is 10.3 Å². The molecule has 1 saturated heterocycles. The van der Waals surface area contributed by atoms with E-state index in [9.17, 15) is 9.59 Å². The van der Waals surface area contributed by atoms with Gasteiger partial charge in [0.05, 0.1) is 6.61 Å². The van der Waals surface area contributed by atoms with Crippen LogP contribution in [-0.4, -0.2) is 54.5 Å². The van der Waals surface area contributed by atoms with Crippen LogP contribution in [0.3, 0.4) is 0 Å². The maximum absolute atomic E-state index is 12.5. The summed E-state index contributed by atoms with van der Waals surface area (Å²) in [5.41, 5.74) is -0.405. The molecule has 1 aliphatic heterocycles. The molecule has 0 radical (unpaired) electrons. The first kappa shape index (κ1) is 13.6. The van der Waals surface area contributed by atoms with Crippen LogP contribution >= 0.6 is 0 Å². The molecular weight excluding hydrogens is 246 g/mol. The van der Waals surface area contributed by atoms with E-state index in [0.29, 0.717) is 18.7 Å². The number of nitrogens with one attached hydrogen (secondary N) is 2. The summed E-state index contributed by atoms with van der Waals surface area (Å²) in [5, 5.41) is 2.64. The van der Waals surface area contributed by atoms with Gasteiger partial charge < -0.3 is 19.9 Å². The lowest BCUT2D eigenvalue weighted by Crippen LogP contribution is -2.59. The highest BCUT2D eigenvalue weighted by atomic mass is 16.5. The van der Waals surface area contributed by atoms with Gasteiger partial charge in [-0.15, -0.1) is 0 Å². The number of amides is 2. The van der Waals surface area contributed by atoms with Crippen LogP contribution in [0.25, 0.3) is 0 Å². The number of likely N-dealkylation sites (tertiary alicyclic amines) is 1. The third-order valence-corrected chi connectivity index (χ3v) is 3.60. The molecule has 0 spiro atoms. The van der Waals surface area contributed by atoms with Gasteiger partial charge in [-0.2, -0.15) is 0 Å². The van der Waals surface area contributed by atoms with Crippen molar-refractivity contribution in [3.8, 4) is 0 Å². The number of ether oxygens (including phenoxy) is 1. The van der Waals surface area contributed by atoms with E-state index in [-0.39, 0.29) is 18.4 Å². The van der Waals surface area contributed by atoms with Crippen molar-refractivity contribution in [1.29, 1.82) is 0 Å². The standard InChI is InChI=1S/C13H19N3O3/c1-14-12(18)13(9-19-2)6-4-8-16(13)11(17)10-5-3-7-15-10/h3,5,7,15H,4,6,8-9H2,1-2H3,(H,14,18). The van der Waals surface area contributed by atoms with Gasteiger partial charge in [-0.3, -0.25) is 9.59 Å². The third kappa shape index (κ3) is 2.23. The molecule has 6 heteroatoms. The van der Waals surface area contributed by atoms with Crippen molar-refractivity contribution < 1.29 is 14.3 Å². The molecule has 19 heavy (non-hydrogen) atoms. The number of aromatic nitrogens is 1. The number of aromatic amines is 1. The van der Waals surface area contributed by atoms with E-state index in [1.807, 2.05) is 0 Å². The van der Waals surface area contributed by atoms with Crippen LogP contribution < -0.4 is 5.32 Å². The molecular formula is C13H19N3O3. The van der Waals surface area contributed by atoms with E-state index in [0.717, 1.165) is 6.42 Å². The summed E-state index contributed by atoms with van der Waals surface area (Å²) in [6.07, 6.45) is 3.11. The monoisotopic (exact) mass is 265 g/mol. The lowest BCUT2D eigenvalue weighted by Gasteiger charge is -2.35. The summed E-state index contributed by atoms with van der Waals surface area (Å²) >= 11 is 0. The number of hydrogen-bond acceptors (Lipinski definition) is 3. The zero-order chi connectivity index (χ0) is 13.9. The quantitative estimate of drug-likeness (QED) is 0.826. The smallest absolute Gasteiger partial charge is 0.271 e. The Hall–Kier alpha value is -1.82. The molecule has 2 rings (SSSR count). The zero-order valence-corrected chi connectivity index (χ0v) is 11.2. The molecule has 2 amide bonds. The third-order valence-electron chi connectivity index (χ3n) is 3.60. The van der Waals surface area contributed by atoms with Gasteiger partial charge in [-0.25, -0.2) is 0 Å². The molecule has 1 aromatic rings. The Labute approximate surface area is 112 Å². The second-order valence-electron chi connectivity index (χ2n) is 4.69. The molecule has 1 aromatic heterocycles. The average molecular weight is 265 g/mol. The van der Waals surface area contributed by atoms with Crippen LogP contribution in [0.15, 0.2) is 18.3 Å². The molecule has 1 atom stereocenters. The minimum absolute atomic E-state index is 0.164. The Bertz CT molecular complexity index is 458. The maximum atomic E-state index is 12.5. The number of hydrogen-bond donors (Lipinski definition) is 2. The molecule has 6 nitrogen and oxygen atoms in total. The van der Waals surface area contributed by atoms with Crippen molar-refractivity contribution in [1.82, 2.24) is 15.2 Å². The van der Waals surface area contributed by atoms with Crippen molar-refractivity contribution in [2.45, 2.75) is 18.4 Å². The normalized spacial score (nSPS) is 22.5. The highest BCUT2D eigenvalue weighted by Crippen LogP contribution is 2.31. The Morgan fingerprint density at radius 3 is 2.95 bits per heavy atom. The Morgan fingerprint density at radius 2 is 2.37 bits per heavy atom. The number of methoxy groups -OCH3 is 1. The van der Waals surface area contributed by atoms with Crippen LogP contribution in [0.5, 0.6) is 0 Å². The average Bonchev–Trinajstić information content (AvgIpc) is 3.07. The van der Waals surface area contributed by atoms with Crippen molar-refractivity contribution in [2.24, 2.45) is 0 Å². The van der Waals surface area contributed by atoms with E-state index in [1.54, 1.807) is 37.4 Å². The Kier molecular flexibility index (Phi) is 3.90. The molecule has 1 unspecified atom stereocenters. The number of carbonyl (C=O) groups excluding carboxylic acids is 2. The molecule has 0 aromatic carbocycles. The van der Waals surface area contributed by atoms with Crippen molar-refractivity contribution >= 4 is 11.8 Å². The second-order valence-corrected chi connectivity index (χ2v) is 4.69. The fourth-order valence-corrected chi connectivity index (χ4v) is 2.71. The summed E-state index contributed by atoms with van der Waals surface area (Å²) < 4.78 is 5.18. The number of carbonyl (C=O) groups is 2. The second kappa shape index (κ2) is 5.44. The van der Waals surface area contributed by atoms with Gasteiger partial charge in [0, 0.05) is 26.9 Å². The Balaban J connectivity index is 2.32. The first-order chi connectivity index (χ1) is 9.15. The minimum atomic E-state index is -0.897. The summed E-state index contributed by atoms with van der Waals surface area (Å²) in [4.78, 5) is 29.2. The fourth-order valence-electron chi connectivity index (χ4n) is 2.71. The van der Waals surface area contributed by atoms with Crippen molar-refractivity contribution in [2.75, 3.05) is 27.3 Å². The van der Waals surface area contributed by atoms with Gasteiger partial charge >= 0.3 is 0 Å². The number of likely N-dealkylation sites (N-methyl/N-ethyl adjacent to an activating group) is 1. The van der Waals surface area contributed by atoms with E-state index < -0.39 is 5.54 Å². The molecule has 0 saturated carbocycles. The van der Waals surface area contributed by atoms with Gasteiger partial charge in [0.15, 0.2) is 0 Å². The topological polar surface area (TPSA) is 74.4 Å². The number of nitrogens with zero attached hydrogens (tertiary/aromatic N) is 1. The van der Waals surface area contributed by atoms with E-state index in [1.165, 1.54) is 0 Å². The molecule has 104 valence electrons. The largest absolute Gasteiger partial charge is 0.382 e. The van der Waals surface area contributed by atoms with E-state index in [4.69, 9.17) is 4.74 Å². The predicted octanol–water partition coefficient (Wildman–Crippen LogP) is 0.382. The number of rotatable bonds is 4. The van der Waals surface area contributed by atoms with Gasteiger partial charge in [-0.05, 0) is 25.0 Å². The SMILES string of the molecule is CNC(=O)C1(COC)CCCN1C(=O)c1ccc[nH]1. The van der Waals surface area contributed by atoms with Crippen LogP contribution in [0.4, 0.5) is 0 Å². The Morgan fingerprint density at radius 1 is 1.58 bits per heavy atom. The van der Waals surface area contributed by atoms with E-state index >= 15 is 0 Å². The molecule has 1 fully saturated rings. The van der Waals surface area contributed by atoms with Crippen molar-refractivity contribution in [3.05, 3.63) is 24.0 Å². The first-order valence-corrected chi connectivity index (χ1v) is 6.32. The van der Waals surface area contributed by atoms with Crippen LogP contribution in [0, 0.1) is 0 Å². The predicted molar refractivity (Wildman–Crippen MR) is 69.7 cm³/mol. The summed E-state index contributed by atoms with van der Waals surface area (Å²) in [6.45, 7) is 0.772. The molecule has 2 N–H and O–H groups in total. The molecule has 2 heterocycles. The van der Waals surface area contributed by atoms with Gasteiger partial charge in [0.1, 0.15) is 11.2 Å².